The van der Waals surface area contributed by atoms with Gasteiger partial charge in [0.2, 0.25) is 0 Å². The molecule has 1 aliphatic rings. The maximum atomic E-state index is 12.3. The molecule has 0 fully saturated rings. The Morgan fingerprint density at radius 1 is 1.16 bits per heavy atom. The molecule has 6 nitrogen and oxygen atoms in total. The van der Waals surface area contributed by atoms with E-state index in [1.54, 1.807) is 23.1 Å². The summed E-state index contributed by atoms with van der Waals surface area (Å²) in [5.74, 6) is -0.743. The highest BCUT2D eigenvalue weighted by Crippen LogP contribution is 2.19. The lowest BCUT2D eigenvalue weighted by Crippen LogP contribution is -2.38. The molecule has 0 unspecified atom stereocenters. The van der Waals surface area contributed by atoms with E-state index in [1.165, 1.54) is 12.0 Å². The number of amides is 1. The van der Waals surface area contributed by atoms with E-state index in [4.69, 9.17) is 9.15 Å². The van der Waals surface area contributed by atoms with E-state index in [2.05, 4.69) is 11.1 Å². The zero-order chi connectivity index (χ0) is 17.2. The van der Waals surface area contributed by atoms with Crippen molar-refractivity contribution in [2.45, 2.75) is 13.0 Å². The van der Waals surface area contributed by atoms with Crippen LogP contribution in [-0.2, 0) is 22.5 Å². The molecule has 1 aliphatic heterocycles. The Morgan fingerprint density at radius 2 is 2.00 bits per heavy atom. The fraction of sp³-hybridized carbons (Fsp3) is 0.211. The van der Waals surface area contributed by atoms with Crippen LogP contribution in [0.15, 0.2) is 53.3 Å². The molecule has 0 radical (unpaired) electrons. The first-order chi connectivity index (χ1) is 12.2. The molecule has 2 aromatic carbocycles. The van der Waals surface area contributed by atoms with Crippen LogP contribution in [0.2, 0.25) is 0 Å². The van der Waals surface area contributed by atoms with Crippen LogP contribution in [0.1, 0.15) is 21.5 Å². The number of oxazole rings is 1. The fourth-order valence-electron chi connectivity index (χ4n) is 2.99. The summed E-state index contributed by atoms with van der Waals surface area (Å²) in [6.07, 6.45) is 2.13. The van der Waals surface area contributed by atoms with Gasteiger partial charge in [0.15, 0.2) is 18.6 Å². The lowest BCUT2D eigenvalue weighted by molar-refractivity contribution is -0.135. The minimum absolute atomic E-state index is 0.191. The van der Waals surface area contributed by atoms with Crippen molar-refractivity contribution in [2.75, 3.05) is 13.2 Å². The van der Waals surface area contributed by atoms with Gasteiger partial charge < -0.3 is 14.1 Å². The molecule has 4 rings (SSSR count). The van der Waals surface area contributed by atoms with Gasteiger partial charge in [-0.05, 0) is 35.7 Å². The third kappa shape index (κ3) is 3.10. The Kier molecular flexibility index (Phi) is 3.93. The van der Waals surface area contributed by atoms with E-state index in [9.17, 15) is 9.59 Å². The van der Waals surface area contributed by atoms with Gasteiger partial charge in [-0.25, -0.2) is 9.78 Å². The van der Waals surface area contributed by atoms with Crippen LogP contribution in [0, 0.1) is 0 Å². The number of carbonyl (C=O) groups is 2. The van der Waals surface area contributed by atoms with E-state index in [0.29, 0.717) is 29.8 Å². The molecule has 1 aromatic heterocycles. The Balaban J connectivity index is 1.37. The maximum absolute atomic E-state index is 12.3. The summed E-state index contributed by atoms with van der Waals surface area (Å²) in [5.41, 5.74) is 3.92. The second kappa shape index (κ2) is 6.39. The number of aromatic nitrogens is 1. The number of esters is 1. The van der Waals surface area contributed by atoms with Crippen molar-refractivity contribution < 1.29 is 18.7 Å². The number of ether oxygens (including phenoxy) is 1. The Hall–Kier alpha value is -3.15. The summed E-state index contributed by atoms with van der Waals surface area (Å²) in [5, 5.41) is 0. The normalized spacial score (nSPS) is 13.5. The van der Waals surface area contributed by atoms with Crippen LogP contribution < -0.4 is 0 Å². The van der Waals surface area contributed by atoms with Crippen LogP contribution in [0.3, 0.4) is 0 Å². The van der Waals surface area contributed by atoms with Gasteiger partial charge in [0.1, 0.15) is 5.52 Å². The molecule has 0 bridgehead atoms. The summed E-state index contributed by atoms with van der Waals surface area (Å²) >= 11 is 0. The first-order valence-electron chi connectivity index (χ1n) is 8.05. The van der Waals surface area contributed by atoms with E-state index in [-0.39, 0.29) is 12.5 Å². The van der Waals surface area contributed by atoms with E-state index >= 15 is 0 Å². The highest BCUT2D eigenvalue weighted by Gasteiger charge is 2.21. The van der Waals surface area contributed by atoms with Crippen LogP contribution in [0.5, 0.6) is 0 Å². The van der Waals surface area contributed by atoms with Gasteiger partial charge in [0.25, 0.3) is 5.91 Å². The highest BCUT2D eigenvalue weighted by molar-refractivity contribution is 5.94. The van der Waals surface area contributed by atoms with Crippen LogP contribution in [0.4, 0.5) is 0 Å². The lowest BCUT2D eigenvalue weighted by atomic mass is 10.00. The molecule has 1 amide bonds. The van der Waals surface area contributed by atoms with Gasteiger partial charge in [-0.1, -0.05) is 24.3 Å². The van der Waals surface area contributed by atoms with Crippen molar-refractivity contribution >= 4 is 23.0 Å². The van der Waals surface area contributed by atoms with Crippen molar-refractivity contribution in [3.63, 3.8) is 0 Å². The van der Waals surface area contributed by atoms with Gasteiger partial charge >= 0.3 is 5.97 Å². The SMILES string of the molecule is O=C(OCC(=O)N1CCc2ccccc2C1)c1ccc2ncoc2c1. The van der Waals surface area contributed by atoms with Gasteiger partial charge in [0.05, 0.1) is 5.56 Å². The predicted octanol–water partition coefficient (Wildman–Crippen LogP) is 2.57. The second-order valence-corrected chi connectivity index (χ2v) is 5.95. The molecule has 2 heterocycles. The number of fused-ring (bicyclic) bond motifs is 2. The Bertz CT molecular complexity index is 947. The number of hydrogen-bond acceptors (Lipinski definition) is 5. The first kappa shape index (κ1) is 15.4. The zero-order valence-electron chi connectivity index (χ0n) is 13.5. The average molecular weight is 336 g/mol. The summed E-state index contributed by atoms with van der Waals surface area (Å²) < 4.78 is 10.3. The molecule has 126 valence electrons. The van der Waals surface area contributed by atoms with Gasteiger partial charge in [-0.15, -0.1) is 0 Å². The minimum Gasteiger partial charge on any atom is -0.452 e. The number of carbonyl (C=O) groups excluding carboxylic acids is 2. The standard InChI is InChI=1S/C19H16N2O4/c22-18(21-8-7-13-3-1-2-4-15(13)10-21)11-24-19(23)14-5-6-16-17(9-14)25-12-20-16/h1-6,9,12H,7-8,10-11H2. The minimum atomic E-state index is -0.552. The van der Waals surface area contributed by atoms with Crippen molar-refractivity contribution in [1.82, 2.24) is 9.88 Å². The van der Waals surface area contributed by atoms with Crippen molar-refractivity contribution in [3.05, 3.63) is 65.5 Å². The summed E-state index contributed by atoms with van der Waals surface area (Å²) in [7, 11) is 0. The molecule has 0 atom stereocenters. The largest absolute Gasteiger partial charge is 0.452 e. The number of rotatable bonds is 3. The van der Waals surface area contributed by atoms with E-state index in [1.807, 2.05) is 18.2 Å². The van der Waals surface area contributed by atoms with E-state index < -0.39 is 5.97 Å². The summed E-state index contributed by atoms with van der Waals surface area (Å²) in [4.78, 5) is 30.2. The Labute approximate surface area is 144 Å². The molecule has 3 aromatic rings. The van der Waals surface area contributed by atoms with Crippen molar-refractivity contribution in [2.24, 2.45) is 0 Å². The zero-order valence-corrected chi connectivity index (χ0v) is 13.5. The Morgan fingerprint density at radius 3 is 2.88 bits per heavy atom. The lowest BCUT2D eigenvalue weighted by Gasteiger charge is -2.28. The molecule has 0 aliphatic carbocycles. The average Bonchev–Trinajstić information content (AvgIpc) is 3.13. The third-order valence-corrected chi connectivity index (χ3v) is 4.38. The first-order valence-corrected chi connectivity index (χ1v) is 8.05. The number of benzene rings is 2. The molecule has 6 heteroatoms. The smallest absolute Gasteiger partial charge is 0.338 e. The highest BCUT2D eigenvalue weighted by atomic mass is 16.5. The second-order valence-electron chi connectivity index (χ2n) is 5.95. The van der Waals surface area contributed by atoms with Crippen LogP contribution in [0.25, 0.3) is 11.1 Å². The molecule has 0 saturated carbocycles. The summed E-state index contributed by atoms with van der Waals surface area (Å²) in [6.45, 7) is 0.920. The van der Waals surface area contributed by atoms with Crippen molar-refractivity contribution in [3.8, 4) is 0 Å². The summed E-state index contributed by atoms with van der Waals surface area (Å²) in [6, 6.07) is 12.9. The number of hydrogen-bond donors (Lipinski definition) is 0. The predicted molar refractivity (Wildman–Crippen MR) is 89.9 cm³/mol. The van der Waals surface area contributed by atoms with Gasteiger partial charge in [-0.2, -0.15) is 0 Å². The van der Waals surface area contributed by atoms with Crippen molar-refractivity contribution in [1.29, 1.82) is 0 Å². The monoisotopic (exact) mass is 336 g/mol. The number of nitrogens with zero attached hydrogens (tertiary/aromatic N) is 2. The molecule has 0 N–H and O–H groups in total. The third-order valence-electron chi connectivity index (χ3n) is 4.38. The van der Waals surface area contributed by atoms with Crippen LogP contribution in [-0.4, -0.2) is 34.9 Å². The molecular weight excluding hydrogens is 320 g/mol. The fourth-order valence-corrected chi connectivity index (χ4v) is 2.99. The molecule has 0 spiro atoms. The maximum Gasteiger partial charge on any atom is 0.338 e. The van der Waals surface area contributed by atoms with E-state index in [0.717, 1.165) is 12.0 Å². The van der Waals surface area contributed by atoms with Crippen LogP contribution >= 0.6 is 0 Å². The topological polar surface area (TPSA) is 72.6 Å². The molecular formula is C19H16N2O4. The molecule has 0 saturated heterocycles. The quantitative estimate of drug-likeness (QED) is 0.687. The van der Waals surface area contributed by atoms with Gasteiger partial charge in [0, 0.05) is 13.1 Å². The van der Waals surface area contributed by atoms with Gasteiger partial charge in [-0.3, -0.25) is 4.79 Å². The molecule has 25 heavy (non-hydrogen) atoms.